The highest BCUT2D eigenvalue weighted by Gasteiger charge is 2.30. The van der Waals surface area contributed by atoms with Gasteiger partial charge >= 0.3 is 6.09 Å². The number of hydrogen-bond donors (Lipinski definition) is 3. The number of amides is 1. The highest BCUT2D eigenvalue weighted by molar-refractivity contribution is 5.72. The first kappa shape index (κ1) is 19.7. The third-order valence-corrected chi connectivity index (χ3v) is 5.05. The van der Waals surface area contributed by atoms with Gasteiger partial charge in [-0.15, -0.1) is 0 Å². The van der Waals surface area contributed by atoms with Gasteiger partial charge in [0.15, 0.2) is 11.6 Å². The first-order chi connectivity index (χ1) is 14.5. The fraction of sp³-hybridized carbons (Fsp3) is 0.450. The summed E-state index contributed by atoms with van der Waals surface area (Å²) in [4.78, 5) is 16.2. The zero-order valence-electron chi connectivity index (χ0n) is 16.9. The lowest BCUT2D eigenvalue weighted by molar-refractivity contribution is 0.0981. The Balaban J connectivity index is 1.41. The Morgan fingerprint density at radius 2 is 2.30 bits per heavy atom. The molecule has 0 saturated heterocycles. The van der Waals surface area contributed by atoms with E-state index in [4.69, 9.17) is 10.00 Å². The standard InChI is InChI=1S/C20H24N8O2/c1-12(2)23-20(29)30-15-4-3-13(9-15)16-11-18(26-25-16)24-19-17-10-14(5-6-21)27-28(17)8-7-22-19/h7-8,10-13,15H,3-5,9H2,1-2H3,(H,23,29)(H2,22,24,25,26). The molecule has 2 atom stereocenters. The predicted molar refractivity (Wildman–Crippen MR) is 109 cm³/mol. The predicted octanol–water partition coefficient (Wildman–Crippen LogP) is 3.03. The van der Waals surface area contributed by atoms with Gasteiger partial charge in [0.1, 0.15) is 11.6 Å². The van der Waals surface area contributed by atoms with E-state index in [-0.39, 0.29) is 30.6 Å². The molecule has 0 spiro atoms. The number of anilines is 2. The molecule has 1 fully saturated rings. The van der Waals surface area contributed by atoms with E-state index < -0.39 is 0 Å². The quantitative estimate of drug-likeness (QED) is 0.571. The van der Waals surface area contributed by atoms with Crippen LogP contribution in [0.5, 0.6) is 0 Å². The number of ether oxygens (including phenoxy) is 1. The lowest BCUT2D eigenvalue weighted by Gasteiger charge is -2.14. The second-order valence-electron chi connectivity index (χ2n) is 7.75. The van der Waals surface area contributed by atoms with E-state index in [1.165, 1.54) is 0 Å². The minimum Gasteiger partial charge on any atom is -0.446 e. The normalized spacial score (nSPS) is 18.5. The molecular weight excluding hydrogens is 384 g/mol. The van der Waals surface area contributed by atoms with Crippen LogP contribution in [0.1, 0.15) is 50.4 Å². The number of hydrogen-bond acceptors (Lipinski definition) is 7. The molecule has 3 aromatic heterocycles. The van der Waals surface area contributed by atoms with Crippen molar-refractivity contribution >= 4 is 23.2 Å². The molecule has 1 amide bonds. The second kappa shape index (κ2) is 8.41. The van der Waals surface area contributed by atoms with Gasteiger partial charge in [0.25, 0.3) is 0 Å². The Morgan fingerprint density at radius 3 is 3.10 bits per heavy atom. The van der Waals surface area contributed by atoms with E-state index in [0.717, 1.165) is 30.5 Å². The van der Waals surface area contributed by atoms with Crippen LogP contribution < -0.4 is 10.6 Å². The number of fused-ring (bicyclic) bond motifs is 1. The molecule has 3 N–H and O–H groups in total. The fourth-order valence-corrected chi connectivity index (χ4v) is 3.72. The van der Waals surface area contributed by atoms with Gasteiger partial charge in [-0.05, 0) is 39.2 Å². The Morgan fingerprint density at radius 1 is 1.43 bits per heavy atom. The summed E-state index contributed by atoms with van der Waals surface area (Å²) in [6.07, 6.45) is 5.70. The van der Waals surface area contributed by atoms with Crippen LogP contribution in [0.25, 0.3) is 5.52 Å². The maximum atomic E-state index is 11.8. The minimum absolute atomic E-state index is 0.0563. The summed E-state index contributed by atoms with van der Waals surface area (Å²) in [7, 11) is 0. The number of nitrogens with zero attached hydrogens (tertiary/aromatic N) is 5. The molecule has 0 aliphatic heterocycles. The zero-order valence-corrected chi connectivity index (χ0v) is 16.9. The summed E-state index contributed by atoms with van der Waals surface area (Å²) in [6, 6.07) is 5.96. The zero-order chi connectivity index (χ0) is 21.1. The van der Waals surface area contributed by atoms with Gasteiger partial charge in [-0.25, -0.2) is 14.3 Å². The number of H-pyrrole nitrogens is 1. The molecule has 1 aliphatic carbocycles. The van der Waals surface area contributed by atoms with Crippen LogP contribution >= 0.6 is 0 Å². The fourth-order valence-electron chi connectivity index (χ4n) is 3.72. The molecule has 0 aromatic carbocycles. The smallest absolute Gasteiger partial charge is 0.407 e. The molecule has 2 unspecified atom stereocenters. The first-order valence-corrected chi connectivity index (χ1v) is 10.0. The first-order valence-electron chi connectivity index (χ1n) is 10.0. The van der Waals surface area contributed by atoms with Crippen molar-refractivity contribution in [3.05, 3.63) is 35.9 Å². The number of aromatic nitrogens is 5. The van der Waals surface area contributed by atoms with Crippen molar-refractivity contribution < 1.29 is 9.53 Å². The van der Waals surface area contributed by atoms with Crippen molar-refractivity contribution in [3.63, 3.8) is 0 Å². The molecular formula is C20H24N8O2. The van der Waals surface area contributed by atoms with Crippen molar-refractivity contribution in [2.24, 2.45) is 0 Å². The van der Waals surface area contributed by atoms with Gasteiger partial charge in [0.2, 0.25) is 0 Å². The van der Waals surface area contributed by atoms with E-state index in [0.29, 0.717) is 17.3 Å². The summed E-state index contributed by atoms with van der Waals surface area (Å²) in [6.45, 7) is 3.81. The van der Waals surface area contributed by atoms with Crippen LogP contribution in [0.15, 0.2) is 24.5 Å². The van der Waals surface area contributed by atoms with Crippen LogP contribution in [0, 0.1) is 11.3 Å². The van der Waals surface area contributed by atoms with Crippen LogP contribution in [0.4, 0.5) is 16.4 Å². The third kappa shape index (κ3) is 4.35. The Hall–Kier alpha value is -3.61. The summed E-state index contributed by atoms with van der Waals surface area (Å²) in [5.74, 6) is 1.52. The van der Waals surface area contributed by atoms with Crippen molar-refractivity contribution in [1.82, 2.24) is 30.1 Å². The van der Waals surface area contributed by atoms with Gasteiger partial charge in [-0.1, -0.05) is 0 Å². The SMILES string of the molecule is CC(C)NC(=O)OC1CCC(c2cc(Nc3nccn4nc(CC#N)cc34)n[nH]2)C1. The highest BCUT2D eigenvalue weighted by Crippen LogP contribution is 2.36. The number of nitrogens with one attached hydrogen (secondary N) is 3. The Labute approximate surface area is 173 Å². The largest absolute Gasteiger partial charge is 0.446 e. The summed E-state index contributed by atoms with van der Waals surface area (Å²) in [5, 5.41) is 26.7. The molecule has 10 nitrogen and oxygen atoms in total. The summed E-state index contributed by atoms with van der Waals surface area (Å²) < 4.78 is 7.20. The highest BCUT2D eigenvalue weighted by atomic mass is 16.6. The van der Waals surface area contributed by atoms with Crippen molar-refractivity contribution in [2.75, 3.05) is 5.32 Å². The van der Waals surface area contributed by atoms with E-state index in [1.54, 1.807) is 16.9 Å². The number of alkyl carbamates (subject to hydrolysis) is 1. The maximum Gasteiger partial charge on any atom is 0.407 e. The van der Waals surface area contributed by atoms with E-state index >= 15 is 0 Å². The average molecular weight is 408 g/mol. The van der Waals surface area contributed by atoms with Gasteiger partial charge in [-0.2, -0.15) is 15.5 Å². The summed E-state index contributed by atoms with van der Waals surface area (Å²) >= 11 is 0. The molecule has 30 heavy (non-hydrogen) atoms. The number of carbonyl (C=O) groups is 1. The number of carbonyl (C=O) groups excluding carboxylic acids is 1. The lowest BCUT2D eigenvalue weighted by Crippen LogP contribution is -2.33. The number of rotatable bonds is 6. The van der Waals surface area contributed by atoms with Crippen LogP contribution in [-0.2, 0) is 11.2 Å². The van der Waals surface area contributed by atoms with Gasteiger partial charge in [0, 0.05) is 36.1 Å². The van der Waals surface area contributed by atoms with Gasteiger partial charge in [-0.3, -0.25) is 5.10 Å². The lowest BCUT2D eigenvalue weighted by atomic mass is 10.0. The maximum absolute atomic E-state index is 11.8. The molecule has 1 aliphatic rings. The van der Waals surface area contributed by atoms with Gasteiger partial charge in [0.05, 0.1) is 18.2 Å². The summed E-state index contributed by atoms with van der Waals surface area (Å²) in [5.41, 5.74) is 2.46. The van der Waals surface area contributed by atoms with Crippen molar-refractivity contribution in [3.8, 4) is 6.07 Å². The van der Waals surface area contributed by atoms with E-state index in [9.17, 15) is 4.79 Å². The monoisotopic (exact) mass is 408 g/mol. The minimum atomic E-state index is -0.363. The van der Waals surface area contributed by atoms with Crippen LogP contribution in [0.3, 0.4) is 0 Å². The number of aromatic amines is 1. The Bertz CT molecular complexity index is 1080. The molecule has 0 bridgehead atoms. The van der Waals surface area contributed by atoms with E-state index in [1.807, 2.05) is 26.0 Å². The second-order valence-corrected chi connectivity index (χ2v) is 7.75. The van der Waals surface area contributed by atoms with Crippen LogP contribution in [-0.4, -0.2) is 43.0 Å². The van der Waals surface area contributed by atoms with Gasteiger partial charge < -0.3 is 15.4 Å². The molecule has 10 heteroatoms. The van der Waals surface area contributed by atoms with E-state index in [2.05, 4.69) is 37.0 Å². The molecule has 156 valence electrons. The third-order valence-electron chi connectivity index (χ3n) is 5.05. The Kier molecular flexibility index (Phi) is 5.52. The average Bonchev–Trinajstić information content (AvgIpc) is 3.41. The topological polar surface area (TPSA) is 133 Å². The molecule has 3 aromatic rings. The van der Waals surface area contributed by atoms with Crippen molar-refractivity contribution in [2.45, 2.75) is 57.6 Å². The molecule has 1 saturated carbocycles. The van der Waals surface area contributed by atoms with Crippen molar-refractivity contribution in [1.29, 1.82) is 5.26 Å². The van der Waals surface area contributed by atoms with Crippen LogP contribution in [0.2, 0.25) is 0 Å². The molecule has 4 rings (SSSR count). The molecule has 3 heterocycles. The number of nitriles is 1. The molecule has 0 radical (unpaired) electrons.